The molecule has 0 saturated heterocycles. The number of hydrogen-bond donors (Lipinski definition) is 0. The molecule has 7 aromatic carbocycles. The van der Waals surface area contributed by atoms with Gasteiger partial charge in [0.05, 0.1) is 40.2 Å². The maximum atomic E-state index is 6.97. The van der Waals surface area contributed by atoms with Crippen molar-refractivity contribution in [3.05, 3.63) is 215 Å². The number of imidazole rings is 1. The molecule has 62 heavy (non-hydrogen) atoms. The zero-order valence-electron chi connectivity index (χ0n) is 35.9. The van der Waals surface area contributed by atoms with E-state index in [1.807, 2.05) is 18.3 Å². The highest BCUT2D eigenvalue weighted by Gasteiger charge is 2.53. The van der Waals surface area contributed by atoms with Crippen molar-refractivity contribution in [1.29, 1.82) is 0 Å². The standard InChI is InChI=1S/C57H46N4O/c1-55(2,3)37-25-29-43-47(32-37)57(53-40(36-16-8-7-9-17-36)19-14-20-45(53)56(43,4)5)44-30-27-39(34-51(44)60-35-59(6)49-23-15-21-46(57)54(49)60)62-38-26-28-42-41-18-10-11-22-48(41)61(50(42)33-38)52-24-12-13-31-58-52/h7-34H,1-6H3. The van der Waals surface area contributed by atoms with E-state index in [9.17, 15) is 0 Å². The first-order valence-electron chi connectivity index (χ1n) is 21.6. The third kappa shape index (κ3) is 4.96. The molecule has 4 heterocycles. The molecule has 0 fully saturated rings. The lowest BCUT2D eigenvalue weighted by Crippen LogP contribution is -2.44. The number of hydrogen-bond acceptors (Lipinski definition) is 2. The summed E-state index contributed by atoms with van der Waals surface area (Å²) in [5.41, 5.74) is 16.0. The van der Waals surface area contributed by atoms with Gasteiger partial charge in [0, 0.05) is 28.5 Å². The molecule has 1 spiro atoms. The van der Waals surface area contributed by atoms with Gasteiger partial charge in [0.2, 0.25) is 6.33 Å². The lowest BCUT2D eigenvalue weighted by molar-refractivity contribution is -0.649. The predicted molar refractivity (Wildman–Crippen MR) is 250 cm³/mol. The summed E-state index contributed by atoms with van der Waals surface area (Å²) >= 11 is 0. The van der Waals surface area contributed by atoms with Crippen molar-refractivity contribution in [2.75, 3.05) is 0 Å². The highest BCUT2D eigenvalue weighted by Crippen LogP contribution is 2.62. The molecule has 5 nitrogen and oxygen atoms in total. The van der Waals surface area contributed by atoms with Gasteiger partial charge in [0.1, 0.15) is 17.3 Å². The Kier molecular flexibility index (Phi) is 7.61. The molecule has 12 rings (SSSR count). The van der Waals surface area contributed by atoms with Crippen LogP contribution in [-0.4, -0.2) is 14.1 Å². The minimum atomic E-state index is -0.682. The van der Waals surface area contributed by atoms with Gasteiger partial charge in [0.25, 0.3) is 0 Å². The van der Waals surface area contributed by atoms with Crippen LogP contribution in [0.15, 0.2) is 170 Å². The molecule has 0 saturated carbocycles. The summed E-state index contributed by atoms with van der Waals surface area (Å²) in [6, 6.07) is 59.8. The number of rotatable bonds is 4. The molecule has 0 radical (unpaired) electrons. The van der Waals surface area contributed by atoms with Crippen LogP contribution in [0.4, 0.5) is 0 Å². The zero-order chi connectivity index (χ0) is 42.1. The molecule has 1 aliphatic carbocycles. The van der Waals surface area contributed by atoms with Crippen LogP contribution >= 0.6 is 0 Å². The molecule has 2 aliphatic rings. The molecular formula is C57H46N4O. The first-order chi connectivity index (χ1) is 30.0. The van der Waals surface area contributed by atoms with E-state index >= 15 is 0 Å². The van der Waals surface area contributed by atoms with Gasteiger partial charge in [-0.25, -0.2) is 4.98 Å². The summed E-state index contributed by atoms with van der Waals surface area (Å²) < 4.78 is 13.6. The molecule has 0 bridgehead atoms. The van der Waals surface area contributed by atoms with Crippen molar-refractivity contribution in [3.8, 4) is 34.1 Å². The first kappa shape index (κ1) is 36.6. The minimum absolute atomic E-state index is 0.0649. The van der Waals surface area contributed by atoms with Crippen molar-refractivity contribution in [1.82, 2.24) is 14.1 Å². The van der Waals surface area contributed by atoms with Crippen molar-refractivity contribution < 1.29 is 9.30 Å². The number of aryl methyl sites for hydroxylation is 1. The summed E-state index contributed by atoms with van der Waals surface area (Å²) in [6.07, 6.45) is 5.59. The van der Waals surface area contributed by atoms with Gasteiger partial charge in [-0.2, -0.15) is 0 Å². The molecule has 1 aliphatic heterocycles. The number of aromatic nitrogens is 4. The van der Waals surface area contributed by atoms with E-state index in [1.165, 1.54) is 55.5 Å². The van der Waals surface area contributed by atoms with E-state index in [4.69, 9.17) is 9.72 Å². The average molecular weight is 803 g/mol. The fraction of sp³-hybridized carbons (Fsp3) is 0.158. The molecular weight excluding hydrogens is 757 g/mol. The fourth-order valence-electron chi connectivity index (χ4n) is 10.9. The van der Waals surface area contributed by atoms with Gasteiger partial charge in [-0.05, 0) is 98.0 Å². The van der Waals surface area contributed by atoms with Crippen LogP contribution in [0.1, 0.15) is 73.6 Å². The van der Waals surface area contributed by atoms with E-state index < -0.39 is 5.41 Å². The highest BCUT2D eigenvalue weighted by atomic mass is 16.5. The van der Waals surface area contributed by atoms with Crippen LogP contribution < -0.4 is 9.30 Å². The maximum Gasteiger partial charge on any atom is 0.244 e. The molecule has 0 N–H and O–H groups in total. The van der Waals surface area contributed by atoms with Crippen LogP contribution in [-0.2, 0) is 23.3 Å². The van der Waals surface area contributed by atoms with Crippen molar-refractivity contribution in [3.63, 3.8) is 0 Å². The average Bonchev–Trinajstić information content (AvgIpc) is 3.81. The molecule has 1 atom stereocenters. The van der Waals surface area contributed by atoms with Crippen LogP contribution in [0.2, 0.25) is 0 Å². The number of ether oxygens (including phenoxy) is 1. The van der Waals surface area contributed by atoms with Gasteiger partial charge < -0.3 is 13.9 Å². The second-order valence-electron chi connectivity index (χ2n) is 18.6. The van der Waals surface area contributed by atoms with Crippen LogP contribution in [0.25, 0.3) is 55.5 Å². The Morgan fingerprint density at radius 3 is 2.16 bits per heavy atom. The number of benzene rings is 7. The number of pyridine rings is 1. The largest absolute Gasteiger partial charge is 0.458 e. The van der Waals surface area contributed by atoms with Gasteiger partial charge >= 0.3 is 0 Å². The van der Waals surface area contributed by atoms with Gasteiger partial charge in [-0.3, -0.25) is 4.57 Å². The van der Waals surface area contributed by atoms with E-state index in [0.717, 1.165) is 50.5 Å². The minimum Gasteiger partial charge on any atom is -0.458 e. The summed E-state index contributed by atoms with van der Waals surface area (Å²) in [5, 5.41) is 2.33. The van der Waals surface area contributed by atoms with Gasteiger partial charge in [-0.1, -0.05) is 150 Å². The summed E-state index contributed by atoms with van der Waals surface area (Å²) in [5.74, 6) is 2.38. The topological polar surface area (TPSA) is 35.9 Å². The Morgan fingerprint density at radius 1 is 0.613 bits per heavy atom. The van der Waals surface area contributed by atoms with Crippen LogP contribution in [0.5, 0.6) is 11.5 Å². The lowest BCUT2D eigenvalue weighted by Gasteiger charge is -2.52. The third-order valence-electron chi connectivity index (χ3n) is 13.8. The van der Waals surface area contributed by atoms with E-state index in [-0.39, 0.29) is 10.8 Å². The summed E-state index contributed by atoms with van der Waals surface area (Å²) in [6.45, 7) is 11.8. The molecule has 5 heteroatoms. The Morgan fingerprint density at radius 2 is 1.34 bits per heavy atom. The Hall–Kier alpha value is -7.24. The number of para-hydroxylation sites is 2. The summed E-state index contributed by atoms with van der Waals surface area (Å²) in [7, 11) is 2.11. The molecule has 300 valence electrons. The maximum absolute atomic E-state index is 6.97. The van der Waals surface area contributed by atoms with Crippen molar-refractivity contribution in [2.24, 2.45) is 7.05 Å². The Bertz CT molecular complexity index is 3460. The van der Waals surface area contributed by atoms with Crippen molar-refractivity contribution >= 4 is 32.8 Å². The van der Waals surface area contributed by atoms with E-state index in [1.54, 1.807) is 0 Å². The zero-order valence-corrected chi connectivity index (χ0v) is 35.9. The highest BCUT2D eigenvalue weighted by molar-refractivity contribution is 6.09. The quantitative estimate of drug-likeness (QED) is 0.131. The lowest BCUT2D eigenvalue weighted by atomic mass is 9.52. The number of fused-ring (bicyclic) bond motifs is 11. The molecule has 10 aromatic rings. The van der Waals surface area contributed by atoms with Crippen molar-refractivity contribution in [2.45, 2.75) is 50.9 Å². The molecule has 3 aromatic heterocycles. The second kappa shape index (κ2) is 12.9. The predicted octanol–water partition coefficient (Wildman–Crippen LogP) is 12.8. The number of nitrogens with zero attached hydrogens (tertiary/aromatic N) is 4. The first-order valence-corrected chi connectivity index (χ1v) is 21.6. The molecule has 1 unspecified atom stereocenters. The monoisotopic (exact) mass is 802 g/mol. The van der Waals surface area contributed by atoms with Gasteiger partial charge in [-0.15, -0.1) is 0 Å². The SMILES string of the molecule is C[n+]1[c-]n2c3c(cccc31)C1(c3ccc(Oc4ccc5c6ccccc6n(-c6ccccn6)c5c4)cc3-2)c2cc(C(C)(C)C)ccc2C(C)(C)c2cccc(-c3ccccc3)c21. The Labute approximate surface area is 362 Å². The molecule has 0 amide bonds. The van der Waals surface area contributed by atoms with Crippen LogP contribution in [0.3, 0.4) is 0 Å². The summed E-state index contributed by atoms with van der Waals surface area (Å²) in [4.78, 5) is 4.76. The normalized spacial score (nSPS) is 16.1. The van der Waals surface area contributed by atoms with E-state index in [0.29, 0.717) is 0 Å². The van der Waals surface area contributed by atoms with E-state index in [2.05, 4.69) is 213 Å². The fourth-order valence-corrected chi connectivity index (χ4v) is 10.9. The van der Waals surface area contributed by atoms with Crippen LogP contribution in [0, 0.1) is 6.33 Å². The smallest absolute Gasteiger partial charge is 0.244 e. The van der Waals surface area contributed by atoms with Gasteiger partial charge in [0.15, 0.2) is 0 Å². The Balaban J connectivity index is 1.15. The second-order valence-corrected chi connectivity index (χ2v) is 18.6. The third-order valence-corrected chi connectivity index (χ3v) is 13.8.